The van der Waals surface area contributed by atoms with E-state index >= 15 is 0 Å². The minimum atomic E-state index is 0.111. The van der Waals surface area contributed by atoms with E-state index in [9.17, 15) is 4.79 Å². The average Bonchev–Trinajstić information content (AvgIpc) is 2.77. The second-order valence-corrected chi connectivity index (χ2v) is 8.43. The number of thiophene rings is 1. The maximum atomic E-state index is 12.4. The Bertz CT molecular complexity index is 493. The van der Waals surface area contributed by atoms with Crippen molar-refractivity contribution < 1.29 is 4.79 Å². The molecule has 0 radical (unpaired) electrons. The maximum Gasteiger partial charge on any atom is 0.261 e. The molecule has 4 aliphatic carbocycles. The van der Waals surface area contributed by atoms with Gasteiger partial charge in [-0.25, -0.2) is 0 Å². The number of hydrogen-bond acceptors (Lipinski definition) is 2. The third-order valence-corrected chi connectivity index (χ3v) is 6.35. The van der Waals surface area contributed by atoms with Crippen LogP contribution in [0.4, 0.5) is 0 Å². The topological polar surface area (TPSA) is 29.1 Å². The van der Waals surface area contributed by atoms with Gasteiger partial charge in [-0.1, -0.05) is 13.0 Å². The number of nitrogens with one attached hydrogen (secondary N) is 1. The summed E-state index contributed by atoms with van der Waals surface area (Å²) in [6.07, 6.45) is 7.82. The number of rotatable bonds is 2. The zero-order valence-corrected chi connectivity index (χ0v) is 12.3. The van der Waals surface area contributed by atoms with Crippen molar-refractivity contribution in [2.24, 2.45) is 17.3 Å². The molecule has 1 aromatic rings. The Morgan fingerprint density at radius 2 is 2.05 bits per heavy atom. The Hall–Kier alpha value is -0.830. The van der Waals surface area contributed by atoms with Gasteiger partial charge in [0.25, 0.3) is 5.91 Å². The molecule has 1 N–H and O–H groups in total. The van der Waals surface area contributed by atoms with Crippen LogP contribution in [0.2, 0.25) is 0 Å². The molecule has 1 aromatic heterocycles. The minimum absolute atomic E-state index is 0.111. The lowest BCUT2D eigenvalue weighted by molar-refractivity contribution is -0.0680. The summed E-state index contributed by atoms with van der Waals surface area (Å²) in [5, 5.41) is 5.41. The van der Waals surface area contributed by atoms with Crippen LogP contribution in [-0.2, 0) is 0 Å². The van der Waals surface area contributed by atoms with Gasteiger partial charge in [-0.05, 0) is 67.2 Å². The molecule has 2 nitrogen and oxygen atoms in total. The van der Waals surface area contributed by atoms with Crippen molar-refractivity contribution in [3.63, 3.8) is 0 Å². The fourth-order valence-corrected chi connectivity index (χ4v) is 6.20. The molecule has 1 heterocycles. The van der Waals surface area contributed by atoms with Gasteiger partial charge in [-0.15, -0.1) is 11.3 Å². The molecule has 0 spiro atoms. The van der Waals surface area contributed by atoms with Gasteiger partial charge in [0.15, 0.2) is 0 Å². The van der Waals surface area contributed by atoms with Crippen LogP contribution in [0.25, 0.3) is 0 Å². The van der Waals surface area contributed by atoms with E-state index in [-0.39, 0.29) is 11.4 Å². The smallest absolute Gasteiger partial charge is 0.261 e. The van der Waals surface area contributed by atoms with E-state index in [1.54, 1.807) is 11.3 Å². The number of amides is 1. The summed E-state index contributed by atoms with van der Waals surface area (Å²) in [7, 11) is 0. The summed E-state index contributed by atoms with van der Waals surface area (Å²) in [5.74, 6) is 1.87. The molecular weight excluding hydrogens is 254 g/mol. The first kappa shape index (κ1) is 12.0. The van der Waals surface area contributed by atoms with Gasteiger partial charge in [-0.3, -0.25) is 4.79 Å². The molecule has 4 aliphatic rings. The van der Waals surface area contributed by atoms with Crippen molar-refractivity contribution in [1.82, 2.24) is 5.32 Å². The molecule has 5 rings (SSSR count). The molecule has 3 heteroatoms. The zero-order valence-electron chi connectivity index (χ0n) is 11.4. The van der Waals surface area contributed by atoms with Gasteiger partial charge >= 0.3 is 0 Å². The Morgan fingerprint density at radius 1 is 1.32 bits per heavy atom. The Labute approximate surface area is 118 Å². The molecular formula is C16H21NOS. The zero-order chi connectivity index (χ0) is 13.1. The number of carbonyl (C=O) groups excluding carboxylic acids is 1. The first-order valence-corrected chi connectivity index (χ1v) is 8.30. The SMILES string of the molecule is CC12C[C@H]3C[C@H](C1)CC(NC(=O)c1cccs1)(C3)C2. The van der Waals surface area contributed by atoms with E-state index in [0.717, 1.165) is 16.7 Å². The third-order valence-electron chi connectivity index (χ3n) is 5.48. The highest BCUT2D eigenvalue weighted by Gasteiger charge is 2.56. The monoisotopic (exact) mass is 275 g/mol. The summed E-state index contributed by atoms with van der Waals surface area (Å²) in [5.41, 5.74) is 0.604. The molecule has 19 heavy (non-hydrogen) atoms. The van der Waals surface area contributed by atoms with Crippen molar-refractivity contribution in [2.75, 3.05) is 0 Å². The third kappa shape index (κ3) is 1.94. The molecule has 102 valence electrons. The molecule has 0 saturated heterocycles. The molecule has 0 unspecified atom stereocenters. The first-order chi connectivity index (χ1) is 9.06. The average molecular weight is 275 g/mol. The van der Waals surface area contributed by atoms with Crippen LogP contribution in [0, 0.1) is 17.3 Å². The van der Waals surface area contributed by atoms with Crippen LogP contribution >= 0.6 is 11.3 Å². The lowest BCUT2D eigenvalue weighted by Gasteiger charge is -2.61. The minimum Gasteiger partial charge on any atom is -0.346 e. The predicted molar refractivity (Wildman–Crippen MR) is 77.3 cm³/mol. The van der Waals surface area contributed by atoms with Crippen molar-refractivity contribution in [2.45, 2.75) is 51.0 Å². The second kappa shape index (κ2) is 3.85. The summed E-state index contributed by atoms with van der Waals surface area (Å²) >= 11 is 1.55. The van der Waals surface area contributed by atoms with Gasteiger partial charge in [0, 0.05) is 5.54 Å². The van der Waals surface area contributed by atoms with Gasteiger partial charge in [0.2, 0.25) is 0 Å². The van der Waals surface area contributed by atoms with E-state index in [1.165, 1.54) is 38.5 Å². The lowest BCUT2D eigenvalue weighted by atomic mass is 9.47. The van der Waals surface area contributed by atoms with E-state index in [2.05, 4.69) is 12.2 Å². The van der Waals surface area contributed by atoms with E-state index in [4.69, 9.17) is 0 Å². The van der Waals surface area contributed by atoms with Crippen LogP contribution in [0.15, 0.2) is 17.5 Å². The molecule has 0 aromatic carbocycles. The molecule has 0 aliphatic heterocycles. The summed E-state index contributed by atoms with van der Waals surface area (Å²) < 4.78 is 0. The van der Waals surface area contributed by atoms with Gasteiger partial charge < -0.3 is 5.32 Å². The molecule has 4 saturated carbocycles. The number of carbonyl (C=O) groups is 1. The molecule has 2 atom stereocenters. The van der Waals surface area contributed by atoms with Crippen LogP contribution in [0.5, 0.6) is 0 Å². The molecule has 4 fully saturated rings. The summed E-state index contributed by atoms with van der Waals surface area (Å²) in [6, 6.07) is 3.89. The molecule has 4 bridgehead atoms. The second-order valence-electron chi connectivity index (χ2n) is 7.48. The fourth-order valence-electron chi connectivity index (χ4n) is 5.58. The van der Waals surface area contributed by atoms with Gasteiger partial charge in [0.05, 0.1) is 4.88 Å². The van der Waals surface area contributed by atoms with Crippen molar-refractivity contribution in [1.29, 1.82) is 0 Å². The largest absolute Gasteiger partial charge is 0.346 e. The summed E-state index contributed by atoms with van der Waals surface area (Å²) in [4.78, 5) is 13.3. The van der Waals surface area contributed by atoms with E-state index < -0.39 is 0 Å². The van der Waals surface area contributed by atoms with Crippen LogP contribution in [0.1, 0.15) is 55.1 Å². The Balaban J connectivity index is 1.59. The Morgan fingerprint density at radius 3 is 2.63 bits per heavy atom. The Kier molecular flexibility index (Phi) is 2.42. The van der Waals surface area contributed by atoms with Gasteiger partial charge in [-0.2, -0.15) is 0 Å². The summed E-state index contributed by atoms with van der Waals surface area (Å²) in [6.45, 7) is 2.44. The normalized spacial score (nSPS) is 43.4. The van der Waals surface area contributed by atoms with Crippen molar-refractivity contribution in [3.05, 3.63) is 22.4 Å². The van der Waals surface area contributed by atoms with Crippen LogP contribution < -0.4 is 5.32 Å². The fraction of sp³-hybridized carbons (Fsp3) is 0.688. The number of hydrogen-bond donors (Lipinski definition) is 1. The molecule has 1 amide bonds. The standard InChI is InChI=1S/C16H21NOS/c1-15-6-11-5-12(7-15)9-16(8-11,10-15)17-14(18)13-3-2-4-19-13/h2-4,11-12H,5-10H2,1H3,(H,17,18)/t11-,12-,15?,16?/m1/s1. The van der Waals surface area contributed by atoms with Crippen molar-refractivity contribution >= 4 is 17.2 Å². The van der Waals surface area contributed by atoms with Crippen molar-refractivity contribution in [3.8, 4) is 0 Å². The van der Waals surface area contributed by atoms with E-state index in [1.807, 2.05) is 17.5 Å². The van der Waals surface area contributed by atoms with E-state index in [0.29, 0.717) is 5.41 Å². The highest BCUT2D eigenvalue weighted by Crippen LogP contribution is 2.61. The highest BCUT2D eigenvalue weighted by molar-refractivity contribution is 7.12. The van der Waals surface area contributed by atoms with Gasteiger partial charge in [0.1, 0.15) is 0 Å². The quantitative estimate of drug-likeness (QED) is 0.873. The van der Waals surface area contributed by atoms with Crippen LogP contribution in [-0.4, -0.2) is 11.4 Å². The predicted octanol–water partition coefficient (Wildman–Crippen LogP) is 3.84. The lowest BCUT2D eigenvalue weighted by Crippen LogP contribution is -2.62. The van der Waals surface area contributed by atoms with Crippen LogP contribution in [0.3, 0.4) is 0 Å². The maximum absolute atomic E-state index is 12.4. The highest BCUT2D eigenvalue weighted by atomic mass is 32.1. The first-order valence-electron chi connectivity index (χ1n) is 7.42.